The first-order valence-corrected chi connectivity index (χ1v) is 9.58. The van der Waals surface area contributed by atoms with Crippen molar-refractivity contribution in [2.45, 2.75) is 20.5 Å². The van der Waals surface area contributed by atoms with Gasteiger partial charge in [-0.1, -0.05) is 82.9 Å². The highest BCUT2D eigenvalue weighted by molar-refractivity contribution is 6.37. The topological polar surface area (TPSA) is 33.0 Å². The van der Waals surface area contributed by atoms with E-state index in [1.54, 1.807) is 18.2 Å². The van der Waals surface area contributed by atoms with Gasteiger partial charge in [0.25, 0.3) is 0 Å². The van der Waals surface area contributed by atoms with E-state index >= 15 is 0 Å². The predicted molar refractivity (Wildman–Crippen MR) is 117 cm³/mol. The predicted octanol–water partition coefficient (Wildman–Crippen LogP) is 7.25. The maximum absolute atomic E-state index is 9.52. The van der Waals surface area contributed by atoms with E-state index in [0.717, 1.165) is 22.3 Å². The monoisotopic (exact) mass is 407 g/mol. The fourth-order valence-electron chi connectivity index (χ4n) is 2.72. The lowest BCUT2D eigenvalue weighted by Gasteiger charge is -2.11. The SMILES string of the molecule is Cc1ccc(COc2c(Cl)cc(/C=C(\C#N)c3ccc(C)cc3)cc2Cl)cc1. The molecule has 2 nitrogen and oxygen atoms in total. The molecule has 0 saturated heterocycles. The quantitative estimate of drug-likeness (QED) is 0.329. The van der Waals surface area contributed by atoms with Crippen molar-refractivity contribution in [1.82, 2.24) is 0 Å². The number of halogens is 2. The van der Waals surface area contributed by atoms with E-state index in [1.807, 2.05) is 62.4 Å². The first-order chi connectivity index (χ1) is 13.5. The van der Waals surface area contributed by atoms with Crippen molar-refractivity contribution in [3.05, 3.63) is 98.5 Å². The Morgan fingerprint density at radius 1 is 0.929 bits per heavy atom. The maximum Gasteiger partial charge on any atom is 0.157 e. The molecular formula is C24H19Cl2NO. The number of nitriles is 1. The van der Waals surface area contributed by atoms with E-state index < -0.39 is 0 Å². The molecule has 0 spiro atoms. The van der Waals surface area contributed by atoms with E-state index in [-0.39, 0.29) is 0 Å². The summed E-state index contributed by atoms with van der Waals surface area (Å²) in [6.07, 6.45) is 1.77. The maximum atomic E-state index is 9.52. The lowest BCUT2D eigenvalue weighted by molar-refractivity contribution is 0.306. The van der Waals surface area contributed by atoms with Gasteiger partial charge in [0.1, 0.15) is 6.61 Å². The van der Waals surface area contributed by atoms with E-state index in [1.165, 1.54) is 5.56 Å². The fraction of sp³-hybridized carbons (Fsp3) is 0.125. The van der Waals surface area contributed by atoms with Gasteiger partial charge < -0.3 is 4.74 Å². The Balaban J connectivity index is 1.83. The molecule has 0 amide bonds. The number of hydrogen-bond donors (Lipinski definition) is 0. The van der Waals surface area contributed by atoms with Crippen molar-refractivity contribution < 1.29 is 4.74 Å². The lowest BCUT2D eigenvalue weighted by atomic mass is 10.0. The van der Waals surface area contributed by atoms with Crippen LogP contribution >= 0.6 is 23.2 Å². The highest BCUT2D eigenvalue weighted by Gasteiger charge is 2.11. The standard InChI is InChI=1S/C24H19Cl2NO/c1-16-3-7-18(8-4-16)15-28-24-22(25)12-19(13-23(24)26)11-21(14-27)20-9-5-17(2)6-10-20/h3-13H,15H2,1-2H3/b21-11+. The molecule has 3 aromatic carbocycles. The Hall–Kier alpha value is -2.73. The second-order valence-electron chi connectivity index (χ2n) is 6.62. The third-order valence-electron chi connectivity index (χ3n) is 4.32. The number of ether oxygens (including phenoxy) is 1. The molecule has 0 unspecified atom stereocenters. The minimum Gasteiger partial charge on any atom is -0.486 e. The van der Waals surface area contributed by atoms with Crippen LogP contribution in [-0.2, 0) is 6.61 Å². The van der Waals surface area contributed by atoms with E-state index in [4.69, 9.17) is 27.9 Å². The minimum atomic E-state index is 0.377. The van der Waals surface area contributed by atoms with Crippen molar-refractivity contribution in [2.75, 3.05) is 0 Å². The van der Waals surface area contributed by atoms with Gasteiger partial charge in [0.05, 0.1) is 21.7 Å². The van der Waals surface area contributed by atoms with Crippen molar-refractivity contribution in [3.63, 3.8) is 0 Å². The molecule has 0 radical (unpaired) electrons. The Kier molecular flexibility index (Phi) is 6.41. The molecule has 0 fully saturated rings. The van der Waals surface area contributed by atoms with Crippen LogP contribution in [0.5, 0.6) is 5.75 Å². The van der Waals surface area contributed by atoms with Gasteiger partial charge in [-0.2, -0.15) is 5.26 Å². The molecule has 140 valence electrons. The number of rotatable bonds is 5. The lowest BCUT2D eigenvalue weighted by Crippen LogP contribution is -1.97. The van der Waals surface area contributed by atoms with Crippen LogP contribution in [0.3, 0.4) is 0 Å². The molecule has 0 saturated carbocycles. The number of hydrogen-bond acceptors (Lipinski definition) is 2. The molecule has 0 aliphatic heterocycles. The Morgan fingerprint density at radius 2 is 1.46 bits per heavy atom. The summed E-state index contributed by atoms with van der Waals surface area (Å²) in [6, 6.07) is 21.6. The molecule has 4 heteroatoms. The first kappa shape index (κ1) is 20.0. The van der Waals surface area contributed by atoms with Gasteiger partial charge in [-0.05, 0) is 48.7 Å². The van der Waals surface area contributed by atoms with Crippen molar-refractivity contribution in [3.8, 4) is 11.8 Å². The molecular weight excluding hydrogens is 389 g/mol. The van der Waals surface area contributed by atoms with E-state index in [0.29, 0.717) is 28.0 Å². The zero-order valence-electron chi connectivity index (χ0n) is 15.7. The molecule has 0 bridgehead atoms. The van der Waals surface area contributed by atoms with Crippen molar-refractivity contribution >= 4 is 34.9 Å². The van der Waals surface area contributed by atoms with Gasteiger partial charge in [-0.3, -0.25) is 0 Å². The molecule has 0 aromatic heterocycles. The highest BCUT2D eigenvalue weighted by atomic mass is 35.5. The van der Waals surface area contributed by atoms with Crippen LogP contribution in [0.4, 0.5) is 0 Å². The fourth-order valence-corrected chi connectivity index (χ4v) is 3.33. The van der Waals surface area contributed by atoms with Crippen LogP contribution in [0.1, 0.15) is 27.8 Å². The molecule has 3 rings (SSSR count). The molecule has 0 aliphatic rings. The third kappa shape index (κ3) is 4.95. The van der Waals surface area contributed by atoms with Crippen molar-refractivity contribution in [1.29, 1.82) is 5.26 Å². The summed E-state index contributed by atoms with van der Waals surface area (Å²) in [5, 5.41) is 10.3. The van der Waals surface area contributed by atoms with Gasteiger partial charge in [-0.15, -0.1) is 0 Å². The molecule has 0 N–H and O–H groups in total. The van der Waals surface area contributed by atoms with Gasteiger partial charge in [0, 0.05) is 0 Å². The first-order valence-electron chi connectivity index (χ1n) is 8.82. The summed E-state index contributed by atoms with van der Waals surface area (Å²) >= 11 is 12.8. The van der Waals surface area contributed by atoms with Crippen LogP contribution in [0.25, 0.3) is 11.6 Å². The molecule has 28 heavy (non-hydrogen) atoms. The Labute approximate surface area is 175 Å². The van der Waals surface area contributed by atoms with Crippen molar-refractivity contribution in [2.24, 2.45) is 0 Å². The summed E-state index contributed by atoms with van der Waals surface area (Å²) in [6.45, 7) is 4.42. The van der Waals surface area contributed by atoms with Crippen LogP contribution in [-0.4, -0.2) is 0 Å². The van der Waals surface area contributed by atoms with Crippen LogP contribution < -0.4 is 4.74 Å². The summed E-state index contributed by atoms with van der Waals surface area (Å²) < 4.78 is 5.83. The number of aryl methyl sites for hydroxylation is 2. The summed E-state index contributed by atoms with van der Waals surface area (Å²) in [7, 11) is 0. The third-order valence-corrected chi connectivity index (χ3v) is 4.88. The smallest absolute Gasteiger partial charge is 0.157 e. The Bertz CT molecular complexity index is 1020. The van der Waals surface area contributed by atoms with Gasteiger partial charge >= 0.3 is 0 Å². The van der Waals surface area contributed by atoms with Gasteiger partial charge in [0.2, 0.25) is 0 Å². The zero-order valence-corrected chi connectivity index (χ0v) is 17.2. The average Bonchev–Trinajstić information content (AvgIpc) is 2.67. The number of benzene rings is 3. The van der Waals surface area contributed by atoms with Crippen LogP contribution in [0.15, 0.2) is 60.7 Å². The normalized spacial score (nSPS) is 11.2. The van der Waals surface area contributed by atoms with Crippen LogP contribution in [0.2, 0.25) is 10.0 Å². The second-order valence-corrected chi connectivity index (χ2v) is 7.44. The summed E-state index contributed by atoms with van der Waals surface area (Å²) in [5.41, 5.74) is 5.50. The average molecular weight is 408 g/mol. The van der Waals surface area contributed by atoms with E-state index in [9.17, 15) is 5.26 Å². The summed E-state index contributed by atoms with van der Waals surface area (Å²) in [4.78, 5) is 0. The zero-order chi connectivity index (χ0) is 20.1. The number of allylic oxidation sites excluding steroid dienone is 1. The second kappa shape index (κ2) is 8.97. The summed E-state index contributed by atoms with van der Waals surface area (Å²) in [5.74, 6) is 0.440. The van der Waals surface area contributed by atoms with Crippen LogP contribution in [0, 0.1) is 25.2 Å². The van der Waals surface area contributed by atoms with Gasteiger partial charge in [0.15, 0.2) is 5.75 Å². The molecule has 3 aromatic rings. The minimum absolute atomic E-state index is 0.377. The van der Waals surface area contributed by atoms with Gasteiger partial charge in [-0.25, -0.2) is 0 Å². The number of nitrogens with zero attached hydrogens (tertiary/aromatic N) is 1. The Morgan fingerprint density at radius 3 is 2.00 bits per heavy atom. The molecule has 0 aliphatic carbocycles. The molecule has 0 atom stereocenters. The highest BCUT2D eigenvalue weighted by Crippen LogP contribution is 2.36. The molecule has 0 heterocycles. The van der Waals surface area contributed by atoms with E-state index in [2.05, 4.69) is 6.07 Å². The largest absolute Gasteiger partial charge is 0.486 e.